The van der Waals surface area contributed by atoms with Gasteiger partial charge >= 0.3 is 0 Å². The molecular formula is C22H27N5OS. The molecule has 6 nitrogen and oxygen atoms in total. The van der Waals surface area contributed by atoms with E-state index >= 15 is 0 Å². The molecule has 1 amide bonds. The molecule has 7 heteroatoms. The summed E-state index contributed by atoms with van der Waals surface area (Å²) in [5, 5.41) is 12.4. The zero-order chi connectivity index (χ0) is 20.6. The second-order valence-corrected chi connectivity index (χ2v) is 7.81. The number of thioether (sulfide) groups is 1. The Morgan fingerprint density at radius 2 is 1.79 bits per heavy atom. The summed E-state index contributed by atoms with van der Waals surface area (Å²) in [6, 6.07) is 18.4. The van der Waals surface area contributed by atoms with E-state index in [9.17, 15) is 4.79 Å². The van der Waals surface area contributed by atoms with Crippen LogP contribution in [0.25, 0.3) is 11.4 Å². The van der Waals surface area contributed by atoms with E-state index in [1.165, 1.54) is 17.3 Å². The lowest BCUT2D eigenvalue weighted by Crippen LogP contribution is -2.27. The van der Waals surface area contributed by atoms with Crippen molar-refractivity contribution in [2.45, 2.75) is 25.0 Å². The number of nitrogens with one attached hydrogen (secondary N) is 1. The number of hydrogen-bond acceptors (Lipinski definition) is 5. The summed E-state index contributed by atoms with van der Waals surface area (Å²) in [5.41, 5.74) is 3.37. The number of hydrogen-bond donors (Lipinski definition) is 1. The van der Waals surface area contributed by atoms with Crippen LogP contribution in [0, 0.1) is 0 Å². The van der Waals surface area contributed by atoms with Gasteiger partial charge in [-0.05, 0) is 43.2 Å². The summed E-state index contributed by atoms with van der Waals surface area (Å²) in [7, 11) is 4.03. The normalized spacial score (nSPS) is 10.7. The molecule has 3 aromatic rings. The van der Waals surface area contributed by atoms with Crippen molar-refractivity contribution in [3.63, 3.8) is 0 Å². The number of carbonyl (C=O) groups excluding carboxylic acids is 1. The van der Waals surface area contributed by atoms with Crippen LogP contribution >= 0.6 is 11.8 Å². The zero-order valence-corrected chi connectivity index (χ0v) is 17.9. The van der Waals surface area contributed by atoms with Gasteiger partial charge in [0.05, 0.1) is 5.75 Å². The highest BCUT2D eigenvalue weighted by atomic mass is 32.2. The topological polar surface area (TPSA) is 63.1 Å². The fourth-order valence-corrected chi connectivity index (χ4v) is 3.81. The molecule has 0 aliphatic carbocycles. The number of amides is 1. The average Bonchev–Trinajstić information content (AvgIpc) is 3.16. The SMILES string of the molecule is CCn1c(SCC(=O)NCCc2ccccc2)nnc1-c1ccc(N(C)C)cc1. The Hall–Kier alpha value is -2.80. The first-order valence-corrected chi connectivity index (χ1v) is 10.7. The maximum absolute atomic E-state index is 12.2. The van der Waals surface area contributed by atoms with Crippen LogP contribution in [0.15, 0.2) is 59.8 Å². The minimum Gasteiger partial charge on any atom is -0.378 e. The van der Waals surface area contributed by atoms with Gasteiger partial charge in [0.2, 0.25) is 5.91 Å². The predicted octanol–water partition coefficient (Wildman–Crippen LogP) is 3.48. The van der Waals surface area contributed by atoms with Crippen molar-refractivity contribution in [3.8, 4) is 11.4 Å². The van der Waals surface area contributed by atoms with E-state index in [-0.39, 0.29) is 5.91 Å². The first-order chi connectivity index (χ1) is 14.1. The Morgan fingerprint density at radius 3 is 2.45 bits per heavy atom. The molecule has 1 N–H and O–H groups in total. The molecule has 0 saturated carbocycles. The lowest BCUT2D eigenvalue weighted by atomic mass is 10.1. The fraction of sp³-hybridized carbons (Fsp3) is 0.318. The lowest BCUT2D eigenvalue weighted by Gasteiger charge is -2.13. The Kier molecular flexibility index (Phi) is 7.30. The Balaban J connectivity index is 1.56. The summed E-state index contributed by atoms with van der Waals surface area (Å²) in [4.78, 5) is 14.3. The fourth-order valence-electron chi connectivity index (χ4n) is 2.97. The number of rotatable bonds is 9. The van der Waals surface area contributed by atoms with Crippen LogP contribution in [0.3, 0.4) is 0 Å². The Bertz CT molecular complexity index is 922. The lowest BCUT2D eigenvalue weighted by molar-refractivity contribution is -0.118. The minimum absolute atomic E-state index is 0.00784. The highest BCUT2D eigenvalue weighted by Gasteiger charge is 2.14. The molecule has 1 aromatic heterocycles. The van der Waals surface area contributed by atoms with E-state index in [0.717, 1.165) is 35.2 Å². The van der Waals surface area contributed by atoms with E-state index in [0.29, 0.717) is 12.3 Å². The quantitative estimate of drug-likeness (QED) is 0.548. The number of anilines is 1. The Labute approximate surface area is 176 Å². The highest BCUT2D eigenvalue weighted by Crippen LogP contribution is 2.25. The molecule has 0 aliphatic heterocycles. The van der Waals surface area contributed by atoms with E-state index in [1.54, 1.807) is 0 Å². The summed E-state index contributed by atoms with van der Waals surface area (Å²) < 4.78 is 2.05. The van der Waals surface area contributed by atoms with Gasteiger partial charge in [0.1, 0.15) is 0 Å². The van der Waals surface area contributed by atoms with Crippen molar-refractivity contribution in [1.82, 2.24) is 20.1 Å². The maximum Gasteiger partial charge on any atom is 0.230 e. The van der Waals surface area contributed by atoms with E-state index in [2.05, 4.69) is 63.7 Å². The molecule has 2 aromatic carbocycles. The van der Waals surface area contributed by atoms with Crippen LogP contribution in [0.2, 0.25) is 0 Å². The minimum atomic E-state index is 0.00784. The molecule has 1 heterocycles. The van der Waals surface area contributed by atoms with Gasteiger partial charge in [-0.25, -0.2) is 0 Å². The molecule has 0 bridgehead atoms. The van der Waals surface area contributed by atoms with Gasteiger partial charge in [0.15, 0.2) is 11.0 Å². The third kappa shape index (κ3) is 5.60. The molecule has 152 valence electrons. The number of aromatic nitrogens is 3. The van der Waals surface area contributed by atoms with Gasteiger partial charge in [0, 0.05) is 38.4 Å². The molecule has 0 radical (unpaired) electrons. The van der Waals surface area contributed by atoms with Crippen molar-refractivity contribution in [3.05, 3.63) is 60.2 Å². The van der Waals surface area contributed by atoms with Gasteiger partial charge in [0.25, 0.3) is 0 Å². The molecule has 0 unspecified atom stereocenters. The van der Waals surface area contributed by atoms with Crippen LogP contribution in [0.5, 0.6) is 0 Å². The third-order valence-corrected chi connectivity index (χ3v) is 5.55. The van der Waals surface area contributed by atoms with Crippen LogP contribution in [-0.4, -0.2) is 47.1 Å². The summed E-state index contributed by atoms with van der Waals surface area (Å²) >= 11 is 1.42. The van der Waals surface area contributed by atoms with Crippen LogP contribution in [0.4, 0.5) is 5.69 Å². The molecule has 0 aliphatic rings. The van der Waals surface area contributed by atoms with Crippen LogP contribution < -0.4 is 10.2 Å². The van der Waals surface area contributed by atoms with E-state index in [4.69, 9.17) is 0 Å². The second-order valence-electron chi connectivity index (χ2n) is 6.87. The standard InChI is InChI=1S/C22H27N5OS/c1-4-27-21(18-10-12-19(13-11-18)26(2)3)24-25-22(27)29-16-20(28)23-15-14-17-8-6-5-7-9-17/h5-13H,4,14-16H2,1-3H3,(H,23,28). The number of carbonyl (C=O) groups is 1. The van der Waals surface area contributed by atoms with Crippen molar-refractivity contribution < 1.29 is 4.79 Å². The van der Waals surface area contributed by atoms with E-state index < -0.39 is 0 Å². The number of benzene rings is 2. The molecule has 0 spiro atoms. The second kappa shape index (κ2) is 10.1. The third-order valence-electron chi connectivity index (χ3n) is 4.59. The Morgan fingerprint density at radius 1 is 1.07 bits per heavy atom. The molecule has 0 atom stereocenters. The predicted molar refractivity (Wildman–Crippen MR) is 119 cm³/mol. The van der Waals surface area contributed by atoms with Crippen LogP contribution in [0.1, 0.15) is 12.5 Å². The molecule has 0 saturated heterocycles. The molecule has 29 heavy (non-hydrogen) atoms. The van der Waals surface area contributed by atoms with Gasteiger partial charge in [-0.15, -0.1) is 10.2 Å². The van der Waals surface area contributed by atoms with Crippen molar-refractivity contribution in [1.29, 1.82) is 0 Å². The molecule has 0 fully saturated rings. The maximum atomic E-state index is 12.2. The summed E-state index contributed by atoms with van der Waals surface area (Å²) in [6.07, 6.45) is 0.829. The summed E-state index contributed by atoms with van der Waals surface area (Å²) in [5.74, 6) is 1.16. The molecule has 3 rings (SSSR count). The smallest absolute Gasteiger partial charge is 0.230 e. The van der Waals surface area contributed by atoms with Gasteiger partial charge in [-0.3, -0.25) is 4.79 Å². The van der Waals surface area contributed by atoms with E-state index in [1.807, 2.05) is 36.9 Å². The summed E-state index contributed by atoms with van der Waals surface area (Å²) in [6.45, 7) is 3.44. The van der Waals surface area contributed by atoms with Gasteiger partial charge in [-0.2, -0.15) is 0 Å². The monoisotopic (exact) mass is 409 g/mol. The van der Waals surface area contributed by atoms with Crippen LogP contribution in [-0.2, 0) is 17.8 Å². The average molecular weight is 410 g/mol. The van der Waals surface area contributed by atoms with Crippen molar-refractivity contribution >= 4 is 23.4 Å². The first-order valence-electron chi connectivity index (χ1n) is 9.73. The highest BCUT2D eigenvalue weighted by molar-refractivity contribution is 7.99. The first kappa shape index (κ1) is 20.9. The van der Waals surface area contributed by atoms with Crippen molar-refractivity contribution in [2.75, 3.05) is 31.3 Å². The van der Waals surface area contributed by atoms with Crippen molar-refractivity contribution in [2.24, 2.45) is 0 Å². The number of nitrogens with zero attached hydrogens (tertiary/aromatic N) is 4. The van der Waals surface area contributed by atoms with Gasteiger partial charge < -0.3 is 14.8 Å². The molecular weight excluding hydrogens is 382 g/mol. The largest absolute Gasteiger partial charge is 0.378 e. The van der Waals surface area contributed by atoms with Gasteiger partial charge in [-0.1, -0.05) is 42.1 Å². The zero-order valence-electron chi connectivity index (χ0n) is 17.1.